The number of imidazole rings is 1. The van der Waals surface area contributed by atoms with Crippen LogP contribution in [0.4, 0.5) is 0 Å². The zero-order valence-corrected chi connectivity index (χ0v) is 16.7. The first-order valence-electron chi connectivity index (χ1n) is 10.2. The van der Waals surface area contributed by atoms with Gasteiger partial charge in [0, 0.05) is 25.2 Å². The minimum absolute atomic E-state index is 0.0938. The fraction of sp³-hybridized carbons (Fsp3) is 0.304. The molecule has 30 heavy (non-hydrogen) atoms. The summed E-state index contributed by atoms with van der Waals surface area (Å²) in [6.45, 7) is 3.63. The number of likely N-dealkylation sites (tertiary alicyclic amines) is 1. The van der Waals surface area contributed by atoms with Gasteiger partial charge in [0.25, 0.3) is 0 Å². The number of nitrogens with one attached hydrogen (secondary N) is 1. The minimum atomic E-state index is 0.0938. The number of carbonyl (C=O) groups excluding carboxylic acids is 1. The van der Waals surface area contributed by atoms with Crippen molar-refractivity contribution in [3.05, 3.63) is 65.9 Å². The Hall–Kier alpha value is -3.66. The molecule has 150 valence electrons. The summed E-state index contributed by atoms with van der Waals surface area (Å²) in [5.74, 6) is 1.64. The van der Waals surface area contributed by atoms with Crippen LogP contribution in [-0.4, -0.2) is 43.2 Å². The van der Waals surface area contributed by atoms with Gasteiger partial charge in [-0.2, -0.15) is 5.26 Å². The van der Waals surface area contributed by atoms with Crippen LogP contribution in [0, 0.1) is 17.2 Å². The van der Waals surface area contributed by atoms with E-state index in [-0.39, 0.29) is 11.8 Å². The molecule has 1 amide bonds. The molecule has 1 aliphatic rings. The highest BCUT2D eigenvalue weighted by molar-refractivity contribution is 5.79. The Morgan fingerprint density at radius 1 is 1.30 bits per heavy atom. The zero-order valence-electron chi connectivity index (χ0n) is 16.7. The second-order valence-electron chi connectivity index (χ2n) is 8.05. The van der Waals surface area contributed by atoms with Gasteiger partial charge >= 0.3 is 0 Å². The van der Waals surface area contributed by atoms with Crippen molar-refractivity contribution >= 4 is 22.6 Å². The van der Waals surface area contributed by atoms with E-state index >= 15 is 0 Å². The average molecular weight is 398 g/mol. The first kappa shape index (κ1) is 18.4. The number of carbonyl (C=O) groups is 1. The van der Waals surface area contributed by atoms with Crippen molar-refractivity contribution in [1.82, 2.24) is 24.3 Å². The molecule has 1 aliphatic heterocycles. The van der Waals surface area contributed by atoms with E-state index in [1.54, 1.807) is 12.1 Å². The summed E-state index contributed by atoms with van der Waals surface area (Å²) >= 11 is 0. The molecule has 7 nitrogen and oxygen atoms in total. The lowest BCUT2D eigenvalue weighted by atomic mass is 9.86. The van der Waals surface area contributed by atoms with Crippen LogP contribution in [0.1, 0.15) is 36.2 Å². The predicted molar refractivity (Wildman–Crippen MR) is 113 cm³/mol. The van der Waals surface area contributed by atoms with Crippen molar-refractivity contribution < 1.29 is 4.79 Å². The Balaban J connectivity index is 1.43. The van der Waals surface area contributed by atoms with Gasteiger partial charge in [0.05, 0.1) is 41.5 Å². The van der Waals surface area contributed by atoms with Crippen molar-refractivity contribution in [2.75, 3.05) is 13.1 Å². The number of nitriles is 1. The topological polar surface area (TPSA) is 90.1 Å². The van der Waals surface area contributed by atoms with Gasteiger partial charge in [-0.15, -0.1) is 0 Å². The highest BCUT2D eigenvalue weighted by Gasteiger charge is 2.32. The molecule has 0 bridgehead atoms. The summed E-state index contributed by atoms with van der Waals surface area (Å²) in [6, 6.07) is 11.4. The molecule has 0 aliphatic carbocycles. The number of amides is 1. The van der Waals surface area contributed by atoms with E-state index in [0.29, 0.717) is 24.4 Å². The number of rotatable bonds is 3. The molecular formula is C23H22N6O. The van der Waals surface area contributed by atoms with Crippen LogP contribution in [0.5, 0.6) is 0 Å². The second kappa shape index (κ2) is 7.30. The summed E-state index contributed by atoms with van der Waals surface area (Å²) in [5.41, 5.74) is 4.25. The quantitative estimate of drug-likeness (QED) is 0.573. The molecule has 1 N–H and O–H groups in total. The Kier molecular flexibility index (Phi) is 4.47. The molecule has 2 unspecified atom stereocenters. The minimum Gasteiger partial charge on any atom is -0.345 e. The number of hydrogen-bond donors (Lipinski definition) is 1. The first-order chi connectivity index (χ1) is 14.6. The normalized spacial score (nSPS) is 19.3. The lowest BCUT2D eigenvalue weighted by Crippen LogP contribution is -2.43. The highest BCUT2D eigenvalue weighted by Crippen LogP contribution is 2.33. The summed E-state index contributed by atoms with van der Waals surface area (Å²) in [6.07, 6.45) is 6.82. The molecule has 0 spiro atoms. The Morgan fingerprint density at radius 3 is 3.03 bits per heavy atom. The highest BCUT2D eigenvalue weighted by atomic mass is 16.2. The maximum absolute atomic E-state index is 13.0. The van der Waals surface area contributed by atoms with Gasteiger partial charge in [-0.3, -0.25) is 9.20 Å². The number of H-pyrrole nitrogens is 1. The second-order valence-corrected chi connectivity index (χ2v) is 8.05. The monoisotopic (exact) mass is 398 g/mol. The van der Waals surface area contributed by atoms with Gasteiger partial charge in [-0.05, 0) is 36.1 Å². The van der Waals surface area contributed by atoms with Gasteiger partial charge in [-0.1, -0.05) is 19.1 Å². The van der Waals surface area contributed by atoms with Gasteiger partial charge in [0.15, 0.2) is 5.65 Å². The predicted octanol–water partition coefficient (Wildman–Crippen LogP) is 3.28. The molecule has 0 radical (unpaired) electrons. The molecule has 5 rings (SSSR count). The summed E-state index contributed by atoms with van der Waals surface area (Å²) < 4.78 is 2.16. The van der Waals surface area contributed by atoms with Gasteiger partial charge in [-0.25, -0.2) is 9.97 Å². The molecule has 4 heterocycles. The van der Waals surface area contributed by atoms with E-state index in [0.717, 1.165) is 41.0 Å². The SMILES string of the molecule is CC1CCN(C(=O)Cc2cccc(C#N)c2)CC1c1ncc2cnc3[nH]ccc3n12. The molecule has 3 aromatic heterocycles. The van der Waals surface area contributed by atoms with E-state index in [1.165, 1.54) is 0 Å². The molecule has 1 saturated heterocycles. The molecular weight excluding hydrogens is 376 g/mol. The van der Waals surface area contributed by atoms with Crippen LogP contribution in [0.25, 0.3) is 16.7 Å². The number of nitrogens with zero attached hydrogens (tertiary/aromatic N) is 5. The first-order valence-corrected chi connectivity index (χ1v) is 10.2. The number of piperidine rings is 1. The fourth-order valence-electron chi connectivity index (χ4n) is 4.43. The smallest absolute Gasteiger partial charge is 0.227 e. The standard InChI is InChI=1S/C23H22N6O/c1-15-6-8-28(21(30)10-16-3-2-4-17(9-16)11-24)14-19(15)23-27-13-18-12-26-22-20(29(18)23)5-7-25-22/h2-5,7,9,12-13,15,19,25H,6,8,10,14H2,1H3. The van der Waals surface area contributed by atoms with Gasteiger partial charge < -0.3 is 9.88 Å². The summed E-state index contributed by atoms with van der Waals surface area (Å²) in [7, 11) is 0. The van der Waals surface area contributed by atoms with Crippen LogP contribution in [0.2, 0.25) is 0 Å². The van der Waals surface area contributed by atoms with Crippen LogP contribution in [0.15, 0.2) is 48.9 Å². The van der Waals surface area contributed by atoms with Crippen molar-refractivity contribution in [2.45, 2.75) is 25.7 Å². The lowest BCUT2D eigenvalue weighted by Gasteiger charge is -2.36. The number of fused-ring (bicyclic) bond motifs is 3. The third kappa shape index (κ3) is 3.11. The van der Waals surface area contributed by atoms with Crippen LogP contribution < -0.4 is 0 Å². The maximum atomic E-state index is 13.0. The van der Waals surface area contributed by atoms with E-state index in [2.05, 4.69) is 27.4 Å². The van der Waals surface area contributed by atoms with E-state index in [9.17, 15) is 4.79 Å². The average Bonchev–Trinajstić information content (AvgIpc) is 3.40. The molecule has 1 fully saturated rings. The largest absolute Gasteiger partial charge is 0.345 e. The third-order valence-corrected chi connectivity index (χ3v) is 6.14. The van der Waals surface area contributed by atoms with Gasteiger partial charge in [0.2, 0.25) is 5.91 Å². The van der Waals surface area contributed by atoms with E-state index < -0.39 is 0 Å². The van der Waals surface area contributed by atoms with E-state index in [4.69, 9.17) is 10.2 Å². The molecule has 0 saturated carbocycles. The number of hydrogen-bond acceptors (Lipinski definition) is 4. The molecule has 4 aromatic rings. The maximum Gasteiger partial charge on any atom is 0.227 e. The Labute approximate surface area is 174 Å². The van der Waals surface area contributed by atoms with Crippen molar-refractivity contribution in [2.24, 2.45) is 5.92 Å². The molecule has 2 atom stereocenters. The van der Waals surface area contributed by atoms with Crippen molar-refractivity contribution in [3.63, 3.8) is 0 Å². The van der Waals surface area contributed by atoms with Crippen molar-refractivity contribution in [1.29, 1.82) is 5.26 Å². The zero-order chi connectivity index (χ0) is 20.7. The Morgan fingerprint density at radius 2 is 2.17 bits per heavy atom. The number of aromatic amines is 1. The Bertz CT molecular complexity index is 1280. The number of benzene rings is 1. The number of aromatic nitrogens is 4. The third-order valence-electron chi connectivity index (χ3n) is 6.14. The fourth-order valence-corrected chi connectivity index (χ4v) is 4.43. The lowest BCUT2D eigenvalue weighted by molar-refractivity contribution is -0.132. The van der Waals surface area contributed by atoms with Crippen LogP contribution >= 0.6 is 0 Å². The van der Waals surface area contributed by atoms with Crippen molar-refractivity contribution in [3.8, 4) is 6.07 Å². The molecule has 1 aromatic carbocycles. The molecule has 7 heteroatoms. The summed E-state index contributed by atoms with van der Waals surface area (Å²) in [4.78, 5) is 27.3. The summed E-state index contributed by atoms with van der Waals surface area (Å²) in [5, 5.41) is 9.10. The van der Waals surface area contributed by atoms with Gasteiger partial charge in [0.1, 0.15) is 5.82 Å². The van der Waals surface area contributed by atoms with Crippen LogP contribution in [0.3, 0.4) is 0 Å². The van der Waals surface area contributed by atoms with Crippen LogP contribution in [-0.2, 0) is 11.2 Å². The van der Waals surface area contributed by atoms with E-state index in [1.807, 2.05) is 41.7 Å².